The molecule has 0 saturated carbocycles. The second-order valence-electron chi connectivity index (χ2n) is 8.24. The maximum Gasteiger partial charge on any atom is 0.329 e. The van der Waals surface area contributed by atoms with Gasteiger partial charge in [-0.25, -0.2) is 9.78 Å². The number of pyridine rings is 1. The van der Waals surface area contributed by atoms with Crippen molar-refractivity contribution in [2.24, 2.45) is 0 Å². The van der Waals surface area contributed by atoms with Crippen molar-refractivity contribution in [3.05, 3.63) is 74.3 Å². The van der Waals surface area contributed by atoms with E-state index in [0.717, 1.165) is 11.0 Å². The van der Waals surface area contributed by atoms with Crippen LogP contribution in [-0.2, 0) is 6.54 Å². The molecule has 0 aliphatic carbocycles. The van der Waals surface area contributed by atoms with Gasteiger partial charge in [0.05, 0.1) is 17.0 Å². The van der Waals surface area contributed by atoms with Gasteiger partial charge in [-0.05, 0) is 37.5 Å². The van der Waals surface area contributed by atoms with Crippen molar-refractivity contribution in [1.82, 2.24) is 19.9 Å². The van der Waals surface area contributed by atoms with Crippen LogP contribution in [0.4, 0.5) is 0 Å². The van der Waals surface area contributed by atoms with Crippen molar-refractivity contribution in [2.75, 3.05) is 0 Å². The molecule has 0 radical (unpaired) electrons. The molecule has 0 spiro atoms. The standard InChI is InChI=1S/C24H26N4O4/c1-5-10-28-21-20(23(30)27-24(28)31)16(12-17(26-21)13(2)3)22(29)25-14(4)19-11-15-8-6-7-9-18(15)32-19/h6-9,11-14H,5,10H2,1-4H3,(H,25,29)(H,27,30,31). The number of rotatable bonds is 6. The first kappa shape index (κ1) is 21.5. The lowest BCUT2D eigenvalue weighted by Gasteiger charge is -2.16. The van der Waals surface area contributed by atoms with Crippen molar-refractivity contribution in [3.63, 3.8) is 0 Å². The summed E-state index contributed by atoms with van der Waals surface area (Å²) < 4.78 is 7.28. The average molecular weight is 434 g/mol. The monoisotopic (exact) mass is 434 g/mol. The Labute approximate surface area is 184 Å². The molecule has 1 unspecified atom stereocenters. The first-order chi connectivity index (χ1) is 15.3. The van der Waals surface area contributed by atoms with Gasteiger partial charge < -0.3 is 9.73 Å². The number of aromatic nitrogens is 3. The summed E-state index contributed by atoms with van der Waals surface area (Å²) in [6.07, 6.45) is 0.680. The molecule has 1 atom stereocenters. The minimum Gasteiger partial charge on any atom is -0.459 e. The molecule has 8 nitrogen and oxygen atoms in total. The van der Waals surface area contributed by atoms with Crippen LogP contribution < -0.4 is 16.6 Å². The zero-order valence-electron chi connectivity index (χ0n) is 18.6. The Balaban J connectivity index is 1.81. The van der Waals surface area contributed by atoms with Crippen molar-refractivity contribution < 1.29 is 9.21 Å². The number of hydrogen-bond acceptors (Lipinski definition) is 5. The number of fused-ring (bicyclic) bond motifs is 2. The number of para-hydroxylation sites is 1. The molecule has 1 amide bonds. The predicted molar refractivity (Wildman–Crippen MR) is 123 cm³/mol. The molecule has 0 saturated heterocycles. The molecule has 0 aliphatic heterocycles. The summed E-state index contributed by atoms with van der Waals surface area (Å²) in [6, 6.07) is 10.7. The predicted octanol–water partition coefficient (Wildman–Crippen LogP) is 3.86. The quantitative estimate of drug-likeness (QED) is 0.479. The van der Waals surface area contributed by atoms with Crippen LogP contribution in [-0.4, -0.2) is 20.4 Å². The number of carbonyl (C=O) groups is 1. The van der Waals surface area contributed by atoms with Crippen molar-refractivity contribution in [1.29, 1.82) is 0 Å². The Morgan fingerprint density at radius 1 is 1.19 bits per heavy atom. The van der Waals surface area contributed by atoms with Crippen LogP contribution in [0.15, 0.2) is 50.4 Å². The molecule has 2 N–H and O–H groups in total. The minimum absolute atomic E-state index is 0.00297. The lowest BCUT2D eigenvalue weighted by Crippen LogP contribution is -2.34. The second-order valence-corrected chi connectivity index (χ2v) is 8.24. The molecule has 32 heavy (non-hydrogen) atoms. The van der Waals surface area contributed by atoms with Crippen LogP contribution in [0.1, 0.15) is 67.9 Å². The van der Waals surface area contributed by atoms with Gasteiger partial charge in [-0.2, -0.15) is 0 Å². The summed E-state index contributed by atoms with van der Waals surface area (Å²) in [5.74, 6) is 0.182. The van der Waals surface area contributed by atoms with Gasteiger partial charge in [0, 0.05) is 17.6 Å². The van der Waals surface area contributed by atoms with E-state index in [0.29, 0.717) is 24.4 Å². The maximum atomic E-state index is 13.3. The van der Waals surface area contributed by atoms with Gasteiger partial charge in [0.1, 0.15) is 11.3 Å². The van der Waals surface area contributed by atoms with Gasteiger partial charge in [0.25, 0.3) is 11.5 Å². The number of hydrogen-bond donors (Lipinski definition) is 2. The third-order valence-electron chi connectivity index (χ3n) is 5.47. The number of benzene rings is 1. The zero-order chi connectivity index (χ0) is 23.0. The molecule has 0 bridgehead atoms. The van der Waals surface area contributed by atoms with Crippen molar-refractivity contribution >= 4 is 27.9 Å². The molecule has 3 aromatic heterocycles. The molecule has 0 fully saturated rings. The Morgan fingerprint density at radius 2 is 1.94 bits per heavy atom. The fourth-order valence-electron chi connectivity index (χ4n) is 3.76. The highest BCUT2D eigenvalue weighted by Crippen LogP contribution is 2.25. The summed E-state index contributed by atoms with van der Waals surface area (Å²) in [6.45, 7) is 8.03. The number of carbonyl (C=O) groups excluding carboxylic acids is 1. The Hall–Kier alpha value is -3.68. The van der Waals surface area contributed by atoms with Gasteiger partial charge >= 0.3 is 5.69 Å². The van der Waals surface area contributed by atoms with E-state index in [1.165, 1.54) is 4.57 Å². The summed E-state index contributed by atoms with van der Waals surface area (Å²) in [5, 5.41) is 3.98. The van der Waals surface area contributed by atoms with Crippen LogP contribution in [0, 0.1) is 0 Å². The van der Waals surface area contributed by atoms with Crippen LogP contribution in [0.2, 0.25) is 0 Å². The molecule has 4 aromatic rings. The van der Waals surface area contributed by atoms with Gasteiger partial charge in [-0.1, -0.05) is 39.0 Å². The fourth-order valence-corrected chi connectivity index (χ4v) is 3.76. The number of furan rings is 1. The van der Waals surface area contributed by atoms with E-state index in [1.54, 1.807) is 6.07 Å². The lowest BCUT2D eigenvalue weighted by atomic mass is 10.0. The number of nitrogens with one attached hydrogen (secondary N) is 2. The summed E-state index contributed by atoms with van der Waals surface area (Å²) >= 11 is 0. The molecule has 8 heteroatoms. The van der Waals surface area contributed by atoms with E-state index in [2.05, 4.69) is 15.3 Å². The third-order valence-corrected chi connectivity index (χ3v) is 5.47. The Bertz CT molecular complexity index is 1390. The normalized spacial score (nSPS) is 12.5. The van der Waals surface area contributed by atoms with E-state index in [-0.39, 0.29) is 22.5 Å². The number of amides is 1. The fraction of sp³-hybridized carbons (Fsp3) is 0.333. The second kappa shape index (κ2) is 8.45. The van der Waals surface area contributed by atoms with Gasteiger partial charge in [-0.3, -0.25) is 19.1 Å². The van der Waals surface area contributed by atoms with Crippen LogP contribution >= 0.6 is 0 Å². The van der Waals surface area contributed by atoms with Crippen molar-refractivity contribution in [2.45, 2.75) is 52.6 Å². The molecule has 166 valence electrons. The highest BCUT2D eigenvalue weighted by molar-refractivity contribution is 6.05. The van der Waals surface area contributed by atoms with Crippen LogP contribution in [0.5, 0.6) is 0 Å². The van der Waals surface area contributed by atoms with E-state index < -0.39 is 23.2 Å². The highest BCUT2D eigenvalue weighted by atomic mass is 16.3. The number of H-pyrrole nitrogens is 1. The molecule has 0 aliphatic rings. The SMILES string of the molecule is CCCn1c(=O)[nH]c(=O)c2c(C(=O)NC(C)c3cc4ccccc4o3)cc(C(C)C)nc21. The topological polar surface area (TPSA) is 110 Å². The number of aryl methyl sites for hydroxylation is 1. The van der Waals surface area contributed by atoms with E-state index in [9.17, 15) is 14.4 Å². The summed E-state index contributed by atoms with van der Waals surface area (Å²) in [7, 11) is 0. The molecule has 4 rings (SSSR count). The molecule has 3 heterocycles. The largest absolute Gasteiger partial charge is 0.459 e. The van der Waals surface area contributed by atoms with E-state index in [4.69, 9.17) is 4.42 Å². The Morgan fingerprint density at radius 3 is 2.62 bits per heavy atom. The summed E-state index contributed by atoms with van der Waals surface area (Å²) in [4.78, 5) is 45.4. The van der Waals surface area contributed by atoms with Gasteiger partial charge in [-0.15, -0.1) is 0 Å². The number of aromatic amines is 1. The third kappa shape index (κ3) is 3.84. The maximum absolute atomic E-state index is 13.3. The van der Waals surface area contributed by atoms with Crippen LogP contribution in [0.25, 0.3) is 22.0 Å². The average Bonchev–Trinajstić information content (AvgIpc) is 3.20. The first-order valence-electron chi connectivity index (χ1n) is 10.8. The lowest BCUT2D eigenvalue weighted by molar-refractivity contribution is 0.0937. The molecular weight excluding hydrogens is 408 g/mol. The summed E-state index contributed by atoms with van der Waals surface area (Å²) in [5.41, 5.74) is 0.636. The number of nitrogens with zero attached hydrogens (tertiary/aromatic N) is 2. The van der Waals surface area contributed by atoms with E-state index >= 15 is 0 Å². The van der Waals surface area contributed by atoms with Crippen molar-refractivity contribution in [3.8, 4) is 0 Å². The molecule has 1 aromatic carbocycles. The Kier molecular flexibility index (Phi) is 5.69. The van der Waals surface area contributed by atoms with Gasteiger partial charge in [0.2, 0.25) is 0 Å². The smallest absolute Gasteiger partial charge is 0.329 e. The van der Waals surface area contributed by atoms with E-state index in [1.807, 2.05) is 58.0 Å². The first-order valence-corrected chi connectivity index (χ1v) is 10.8. The minimum atomic E-state index is -0.623. The van der Waals surface area contributed by atoms with Gasteiger partial charge in [0.15, 0.2) is 5.65 Å². The highest BCUT2D eigenvalue weighted by Gasteiger charge is 2.22. The molecular formula is C24H26N4O4. The zero-order valence-corrected chi connectivity index (χ0v) is 18.6. The van der Waals surface area contributed by atoms with Crippen LogP contribution in [0.3, 0.4) is 0 Å².